The highest BCUT2D eigenvalue weighted by Crippen LogP contribution is 2.41. The molecule has 0 radical (unpaired) electrons. The van der Waals surface area contributed by atoms with E-state index in [-0.39, 0.29) is 30.0 Å². The van der Waals surface area contributed by atoms with Crippen molar-refractivity contribution >= 4 is 5.91 Å². The van der Waals surface area contributed by atoms with Gasteiger partial charge in [0.15, 0.2) is 11.5 Å². The number of methoxy groups -OCH3 is 2. The van der Waals surface area contributed by atoms with E-state index in [2.05, 4.69) is 22.3 Å². The van der Waals surface area contributed by atoms with Gasteiger partial charge in [0.2, 0.25) is 5.91 Å². The maximum atomic E-state index is 12.1. The number of amides is 1. The molecule has 0 bridgehead atoms. The molecule has 25 heavy (non-hydrogen) atoms. The van der Waals surface area contributed by atoms with Crippen LogP contribution in [0, 0.1) is 5.92 Å². The van der Waals surface area contributed by atoms with Crippen LogP contribution in [0.4, 0.5) is 0 Å². The number of piperidine rings is 1. The van der Waals surface area contributed by atoms with Crippen molar-refractivity contribution in [2.45, 2.75) is 43.8 Å². The molecule has 3 N–H and O–H groups in total. The second-order valence-corrected chi connectivity index (χ2v) is 7.46. The molecule has 1 aliphatic carbocycles. The van der Waals surface area contributed by atoms with E-state index in [0.717, 1.165) is 50.3 Å². The monoisotopic (exact) mass is 345 g/mol. The van der Waals surface area contributed by atoms with Gasteiger partial charge in [-0.1, -0.05) is 0 Å². The molecule has 4 rings (SSSR count). The molecular weight excluding hydrogens is 318 g/mol. The molecule has 6 nitrogen and oxygen atoms in total. The van der Waals surface area contributed by atoms with Gasteiger partial charge in [0.25, 0.3) is 0 Å². The summed E-state index contributed by atoms with van der Waals surface area (Å²) in [6.45, 7) is 1.80. The Labute approximate surface area is 148 Å². The summed E-state index contributed by atoms with van der Waals surface area (Å²) in [6, 6.07) is 4.50. The molecule has 0 unspecified atom stereocenters. The summed E-state index contributed by atoms with van der Waals surface area (Å²) in [6.07, 6.45) is 3.87. The van der Waals surface area contributed by atoms with Crippen molar-refractivity contribution in [2.75, 3.05) is 27.3 Å². The molecule has 1 saturated heterocycles. The van der Waals surface area contributed by atoms with Crippen LogP contribution < -0.4 is 20.5 Å². The minimum absolute atomic E-state index is 0.0250. The number of benzene rings is 1. The van der Waals surface area contributed by atoms with Crippen LogP contribution in [-0.4, -0.2) is 50.2 Å². The Morgan fingerprint density at radius 3 is 2.64 bits per heavy atom. The van der Waals surface area contributed by atoms with Crippen LogP contribution >= 0.6 is 0 Å². The highest BCUT2D eigenvalue weighted by atomic mass is 16.5. The van der Waals surface area contributed by atoms with Gasteiger partial charge in [-0.3, -0.25) is 9.69 Å². The lowest BCUT2D eigenvalue weighted by molar-refractivity contribution is -0.123. The van der Waals surface area contributed by atoms with Crippen LogP contribution in [-0.2, 0) is 11.2 Å². The first-order chi connectivity index (χ1) is 12.1. The third-order valence-corrected chi connectivity index (χ3v) is 5.83. The number of fused-ring (bicyclic) bond motifs is 3. The first kappa shape index (κ1) is 16.7. The van der Waals surface area contributed by atoms with Crippen LogP contribution in [0.5, 0.6) is 11.5 Å². The molecule has 3 aliphatic rings. The van der Waals surface area contributed by atoms with Gasteiger partial charge in [0.1, 0.15) is 0 Å². The smallest absolute Gasteiger partial charge is 0.223 e. The van der Waals surface area contributed by atoms with E-state index in [1.165, 1.54) is 11.1 Å². The number of nitrogens with zero attached hydrogens (tertiary/aromatic N) is 1. The van der Waals surface area contributed by atoms with Gasteiger partial charge >= 0.3 is 0 Å². The van der Waals surface area contributed by atoms with Crippen molar-refractivity contribution in [2.24, 2.45) is 11.7 Å². The number of nitrogens with one attached hydrogen (secondary N) is 1. The predicted octanol–water partition coefficient (Wildman–Crippen LogP) is 1.23. The quantitative estimate of drug-likeness (QED) is 0.858. The molecule has 136 valence electrons. The van der Waals surface area contributed by atoms with Crippen molar-refractivity contribution in [3.05, 3.63) is 23.3 Å². The summed E-state index contributed by atoms with van der Waals surface area (Å²) in [5.41, 5.74) is 9.04. The summed E-state index contributed by atoms with van der Waals surface area (Å²) in [4.78, 5) is 14.6. The fourth-order valence-electron chi connectivity index (χ4n) is 4.18. The number of hydrogen-bond acceptors (Lipinski definition) is 5. The van der Waals surface area contributed by atoms with E-state index in [0.29, 0.717) is 0 Å². The Hall–Kier alpha value is -1.79. The van der Waals surface area contributed by atoms with E-state index < -0.39 is 0 Å². The molecule has 1 aromatic rings. The molecule has 1 amide bonds. The Bertz CT molecular complexity index is 674. The van der Waals surface area contributed by atoms with E-state index in [9.17, 15) is 4.79 Å². The van der Waals surface area contributed by atoms with E-state index in [4.69, 9.17) is 15.2 Å². The van der Waals surface area contributed by atoms with Gasteiger partial charge in [0.05, 0.1) is 20.3 Å². The lowest BCUT2D eigenvalue weighted by atomic mass is 9.83. The van der Waals surface area contributed by atoms with Gasteiger partial charge in [0, 0.05) is 31.1 Å². The van der Waals surface area contributed by atoms with E-state index in [1.807, 2.05) is 0 Å². The molecule has 1 aromatic carbocycles. The fraction of sp³-hybridized carbons (Fsp3) is 0.632. The third kappa shape index (κ3) is 3.09. The molecule has 1 saturated carbocycles. The topological polar surface area (TPSA) is 76.8 Å². The second-order valence-electron chi connectivity index (χ2n) is 7.46. The summed E-state index contributed by atoms with van der Waals surface area (Å²) < 4.78 is 10.9. The maximum Gasteiger partial charge on any atom is 0.223 e. The lowest BCUT2D eigenvalue weighted by Gasteiger charge is -2.46. The Balaban J connectivity index is 1.54. The average Bonchev–Trinajstić information content (AvgIpc) is 3.46. The summed E-state index contributed by atoms with van der Waals surface area (Å²) in [5.74, 6) is 1.96. The first-order valence-corrected chi connectivity index (χ1v) is 9.15. The van der Waals surface area contributed by atoms with Crippen LogP contribution in [0.25, 0.3) is 0 Å². The zero-order valence-electron chi connectivity index (χ0n) is 15.0. The van der Waals surface area contributed by atoms with E-state index in [1.54, 1.807) is 14.2 Å². The first-order valence-electron chi connectivity index (χ1n) is 9.15. The number of carbonyl (C=O) groups is 1. The Morgan fingerprint density at radius 1 is 1.24 bits per heavy atom. The van der Waals surface area contributed by atoms with Crippen LogP contribution in [0.15, 0.2) is 12.1 Å². The zero-order chi connectivity index (χ0) is 17.6. The zero-order valence-corrected chi connectivity index (χ0v) is 15.0. The molecule has 6 heteroatoms. The van der Waals surface area contributed by atoms with Crippen LogP contribution in [0.2, 0.25) is 0 Å². The van der Waals surface area contributed by atoms with Crippen molar-refractivity contribution in [1.29, 1.82) is 0 Å². The van der Waals surface area contributed by atoms with Gasteiger partial charge in [-0.05, 0) is 48.9 Å². The van der Waals surface area contributed by atoms with Crippen LogP contribution in [0.3, 0.4) is 0 Å². The normalized spacial score (nSPS) is 28.7. The lowest BCUT2D eigenvalue weighted by Crippen LogP contribution is -2.60. The van der Waals surface area contributed by atoms with Gasteiger partial charge in [-0.25, -0.2) is 0 Å². The molecule has 2 heterocycles. The van der Waals surface area contributed by atoms with Gasteiger partial charge < -0.3 is 20.5 Å². The molecule has 2 fully saturated rings. The number of nitrogens with two attached hydrogens (primary N) is 1. The molecule has 0 aromatic heterocycles. The minimum atomic E-state index is -0.0250. The standard InChI is InChI=1S/C19H27N3O3/c1-24-17-7-12-5-6-22-10-15(21-19(23)11-3-4-11)14(20)9-16(22)13(12)8-18(17)25-2/h7-8,11,14-16H,3-6,9-10,20H2,1-2H3,(H,21,23)/t14-,15-,16-/m0/s1. The van der Waals surface area contributed by atoms with Crippen molar-refractivity contribution in [3.63, 3.8) is 0 Å². The molecule has 2 aliphatic heterocycles. The number of hydrogen-bond donors (Lipinski definition) is 2. The van der Waals surface area contributed by atoms with Gasteiger partial charge in [-0.15, -0.1) is 0 Å². The predicted molar refractivity (Wildman–Crippen MR) is 94.8 cm³/mol. The maximum absolute atomic E-state index is 12.1. The van der Waals surface area contributed by atoms with E-state index >= 15 is 0 Å². The largest absolute Gasteiger partial charge is 0.493 e. The Morgan fingerprint density at radius 2 is 1.96 bits per heavy atom. The highest BCUT2D eigenvalue weighted by Gasteiger charge is 2.40. The summed E-state index contributed by atoms with van der Waals surface area (Å²) in [5, 5.41) is 3.18. The summed E-state index contributed by atoms with van der Waals surface area (Å²) >= 11 is 0. The third-order valence-electron chi connectivity index (χ3n) is 5.83. The SMILES string of the molecule is COc1cc2c(cc1OC)[C@@H]1C[C@H](N)[C@@H](NC(=O)C3CC3)CN1CC2. The van der Waals surface area contributed by atoms with Crippen LogP contribution in [0.1, 0.15) is 36.4 Å². The Kier molecular flexibility index (Phi) is 4.33. The highest BCUT2D eigenvalue weighted by molar-refractivity contribution is 5.81. The average molecular weight is 345 g/mol. The number of rotatable bonds is 4. The minimum Gasteiger partial charge on any atom is -0.493 e. The second kappa shape index (κ2) is 6.50. The van der Waals surface area contributed by atoms with Crippen molar-refractivity contribution in [1.82, 2.24) is 10.2 Å². The fourth-order valence-corrected chi connectivity index (χ4v) is 4.18. The molecule has 3 atom stereocenters. The van der Waals surface area contributed by atoms with Crippen molar-refractivity contribution < 1.29 is 14.3 Å². The summed E-state index contributed by atoms with van der Waals surface area (Å²) in [7, 11) is 3.34. The molecule has 0 spiro atoms. The van der Waals surface area contributed by atoms with Gasteiger partial charge in [-0.2, -0.15) is 0 Å². The number of ether oxygens (including phenoxy) is 2. The molecular formula is C19H27N3O3. The number of carbonyl (C=O) groups excluding carboxylic acids is 1. The van der Waals surface area contributed by atoms with Crippen molar-refractivity contribution in [3.8, 4) is 11.5 Å².